The van der Waals surface area contributed by atoms with Crippen molar-refractivity contribution in [3.05, 3.63) is 105 Å². The van der Waals surface area contributed by atoms with Gasteiger partial charge in [-0.05, 0) is 63.0 Å². The van der Waals surface area contributed by atoms with Crippen molar-refractivity contribution in [1.29, 1.82) is 0 Å². The van der Waals surface area contributed by atoms with Gasteiger partial charge in [0.2, 0.25) is 11.3 Å². The zero-order valence-corrected chi connectivity index (χ0v) is 27.7. The smallest absolute Gasteiger partial charge is 0.341 e. The van der Waals surface area contributed by atoms with Crippen LogP contribution in [0.15, 0.2) is 78.2 Å². The Hall–Kier alpha value is -4.78. The predicted molar refractivity (Wildman–Crippen MR) is 184 cm³/mol. The summed E-state index contributed by atoms with van der Waals surface area (Å²) in [7, 11) is 4.12. The summed E-state index contributed by atoms with van der Waals surface area (Å²) >= 11 is 13.3. The number of hydrogen-bond donors (Lipinski definition) is 1. The van der Waals surface area contributed by atoms with Gasteiger partial charge in [0.05, 0.1) is 34.2 Å². The molecular formula is C34H32Cl2N8O4. The van der Waals surface area contributed by atoms with Gasteiger partial charge in [-0.15, -0.1) is 0 Å². The quantitative estimate of drug-likeness (QED) is 0.230. The zero-order valence-electron chi connectivity index (χ0n) is 26.2. The van der Waals surface area contributed by atoms with Crippen molar-refractivity contribution >= 4 is 51.6 Å². The van der Waals surface area contributed by atoms with Crippen LogP contribution in [0.4, 0.5) is 11.5 Å². The Bertz CT molecular complexity index is 2040. The molecular weight excluding hydrogens is 655 g/mol. The summed E-state index contributed by atoms with van der Waals surface area (Å²) in [6.07, 6.45) is 8.74. The number of carbonyl (C=O) groups is 1. The molecule has 12 nitrogen and oxygen atoms in total. The van der Waals surface area contributed by atoms with E-state index in [1.807, 2.05) is 18.2 Å². The van der Waals surface area contributed by atoms with E-state index in [-0.39, 0.29) is 29.5 Å². The van der Waals surface area contributed by atoms with Gasteiger partial charge in [-0.2, -0.15) is 0 Å². The lowest BCUT2D eigenvalue weighted by Crippen LogP contribution is -2.57. The second kappa shape index (κ2) is 13.0. The van der Waals surface area contributed by atoms with E-state index in [1.54, 1.807) is 53.6 Å². The zero-order chi connectivity index (χ0) is 33.5. The fourth-order valence-corrected chi connectivity index (χ4v) is 6.78. The maximum Gasteiger partial charge on any atom is 0.341 e. The summed E-state index contributed by atoms with van der Waals surface area (Å²) in [5, 5.41) is 10.8. The fourth-order valence-electron chi connectivity index (χ4n) is 6.33. The van der Waals surface area contributed by atoms with Gasteiger partial charge < -0.3 is 29.1 Å². The Morgan fingerprint density at radius 1 is 1.00 bits per heavy atom. The first kappa shape index (κ1) is 31.8. The van der Waals surface area contributed by atoms with E-state index in [0.717, 1.165) is 18.9 Å². The first-order valence-corrected chi connectivity index (χ1v) is 16.2. The number of pyridine rings is 3. The van der Waals surface area contributed by atoms with Crippen LogP contribution in [0.1, 0.15) is 28.5 Å². The molecule has 4 aromatic heterocycles. The molecule has 7 rings (SSSR count). The van der Waals surface area contributed by atoms with Crippen LogP contribution in [0.3, 0.4) is 0 Å². The number of carboxylic acid groups (broad SMARTS) is 1. The highest BCUT2D eigenvalue weighted by atomic mass is 35.5. The monoisotopic (exact) mass is 686 g/mol. The van der Waals surface area contributed by atoms with Crippen molar-refractivity contribution in [3.8, 4) is 11.6 Å². The van der Waals surface area contributed by atoms with Crippen LogP contribution in [-0.2, 0) is 0 Å². The number of carboxylic acids is 1. The maximum atomic E-state index is 13.5. The number of aromatic nitrogens is 5. The topological polar surface area (TPSA) is 130 Å². The van der Waals surface area contributed by atoms with E-state index < -0.39 is 11.4 Å². The fraction of sp³-hybridized carbons (Fsp3) is 0.294. The van der Waals surface area contributed by atoms with Gasteiger partial charge in [0.25, 0.3) is 0 Å². The molecule has 0 bridgehead atoms. The Morgan fingerprint density at radius 2 is 1.77 bits per heavy atom. The van der Waals surface area contributed by atoms with Gasteiger partial charge in [0, 0.05) is 61.8 Å². The highest BCUT2D eigenvalue weighted by Crippen LogP contribution is 2.40. The van der Waals surface area contributed by atoms with Gasteiger partial charge in [0.15, 0.2) is 0 Å². The molecule has 6 heterocycles. The van der Waals surface area contributed by atoms with Crippen LogP contribution in [0.25, 0.3) is 16.6 Å². The van der Waals surface area contributed by atoms with Gasteiger partial charge in [-0.1, -0.05) is 23.2 Å². The standard InChI is InChI=1S/C34H32Cl2N8O4/c1-41(2)23-16-42(17-23)30-7-6-21(14-40-30)44-18-25(34(46)47)31(45)24-12-27(36)29(13-28(24)44)43-15-20(32-37-9-4-10-38-32)11-22(43)19-48-33-26(35)5-3-8-39-33/h3-10,12-14,18,20,22-23H,11,15-17,19H2,1-2H3,(H,46,47)/t20?,22-/m1/s1. The Labute approximate surface area is 286 Å². The van der Waals surface area contributed by atoms with E-state index in [1.165, 1.54) is 6.20 Å². The molecule has 2 fully saturated rings. The molecule has 0 radical (unpaired) electrons. The van der Waals surface area contributed by atoms with Crippen LogP contribution in [0.2, 0.25) is 10.0 Å². The average Bonchev–Trinajstić information content (AvgIpc) is 3.48. The first-order valence-electron chi connectivity index (χ1n) is 15.4. The van der Waals surface area contributed by atoms with Crippen molar-refractivity contribution in [3.63, 3.8) is 0 Å². The summed E-state index contributed by atoms with van der Waals surface area (Å²) in [5.74, 6) is 0.487. The summed E-state index contributed by atoms with van der Waals surface area (Å²) in [4.78, 5) is 50.1. The lowest BCUT2D eigenvalue weighted by atomic mass is 10.1. The molecule has 5 aromatic rings. The predicted octanol–water partition coefficient (Wildman–Crippen LogP) is 4.77. The number of aromatic carboxylic acids is 1. The third-order valence-electron chi connectivity index (χ3n) is 9.04. The summed E-state index contributed by atoms with van der Waals surface area (Å²) < 4.78 is 7.78. The minimum Gasteiger partial charge on any atom is -0.477 e. The molecule has 14 heteroatoms. The lowest BCUT2D eigenvalue weighted by Gasteiger charge is -2.43. The summed E-state index contributed by atoms with van der Waals surface area (Å²) in [5.41, 5.74) is 0.754. The van der Waals surface area contributed by atoms with Crippen LogP contribution < -0.4 is 20.0 Å². The molecule has 2 aliphatic heterocycles. The molecule has 1 aromatic carbocycles. The Morgan fingerprint density at radius 3 is 2.46 bits per heavy atom. The van der Waals surface area contributed by atoms with E-state index >= 15 is 0 Å². The van der Waals surface area contributed by atoms with Gasteiger partial charge in [-0.3, -0.25) is 4.79 Å². The number of fused-ring (bicyclic) bond motifs is 1. The molecule has 48 heavy (non-hydrogen) atoms. The van der Waals surface area contributed by atoms with E-state index in [4.69, 9.17) is 27.9 Å². The minimum atomic E-state index is -1.33. The number of benzene rings is 1. The number of ether oxygens (including phenoxy) is 1. The Kier molecular flexibility index (Phi) is 8.63. The summed E-state index contributed by atoms with van der Waals surface area (Å²) in [6, 6.07) is 12.6. The number of nitrogens with zero attached hydrogens (tertiary/aromatic N) is 8. The van der Waals surface area contributed by atoms with Crippen molar-refractivity contribution in [1.82, 2.24) is 29.4 Å². The average molecular weight is 688 g/mol. The molecule has 1 unspecified atom stereocenters. The summed E-state index contributed by atoms with van der Waals surface area (Å²) in [6.45, 7) is 2.51. The largest absolute Gasteiger partial charge is 0.477 e. The molecule has 0 aliphatic carbocycles. The number of likely N-dealkylation sites (N-methyl/N-ethyl adjacent to an activating group) is 1. The normalized spacial score (nSPS) is 18.0. The molecule has 1 N–H and O–H groups in total. The highest BCUT2D eigenvalue weighted by molar-refractivity contribution is 6.34. The van der Waals surface area contributed by atoms with Crippen LogP contribution in [-0.4, -0.2) is 92.9 Å². The van der Waals surface area contributed by atoms with Crippen molar-refractivity contribution < 1.29 is 14.6 Å². The van der Waals surface area contributed by atoms with Crippen LogP contribution >= 0.6 is 23.2 Å². The second-order valence-corrected chi connectivity index (χ2v) is 13.0. The van der Waals surface area contributed by atoms with Crippen LogP contribution in [0, 0.1) is 0 Å². The maximum absolute atomic E-state index is 13.5. The molecule has 2 atom stereocenters. The lowest BCUT2D eigenvalue weighted by molar-refractivity contribution is 0.0695. The molecule has 0 saturated carbocycles. The second-order valence-electron chi connectivity index (χ2n) is 12.2. The van der Waals surface area contributed by atoms with Gasteiger partial charge in [-0.25, -0.2) is 24.7 Å². The molecule has 2 aliphatic rings. The number of rotatable bonds is 9. The van der Waals surface area contributed by atoms with Gasteiger partial charge in [0.1, 0.15) is 28.8 Å². The molecule has 0 amide bonds. The van der Waals surface area contributed by atoms with E-state index in [2.05, 4.69) is 48.7 Å². The van der Waals surface area contributed by atoms with Crippen molar-refractivity contribution in [2.24, 2.45) is 0 Å². The van der Waals surface area contributed by atoms with Crippen molar-refractivity contribution in [2.75, 3.05) is 50.1 Å². The number of halogens is 2. The minimum absolute atomic E-state index is 0.0345. The van der Waals surface area contributed by atoms with Crippen molar-refractivity contribution in [2.45, 2.75) is 24.4 Å². The van der Waals surface area contributed by atoms with Gasteiger partial charge >= 0.3 is 5.97 Å². The number of hydrogen-bond acceptors (Lipinski definition) is 10. The Balaban J connectivity index is 1.29. The van der Waals surface area contributed by atoms with E-state index in [9.17, 15) is 14.7 Å². The third-order valence-corrected chi connectivity index (χ3v) is 9.63. The molecule has 0 spiro atoms. The van der Waals surface area contributed by atoms with Crippen LogP contribution in [0.5, 0.6) is 5.88 Å². The first-order chi connectivity index (χ1) is 23.2. The molecule has 246 valence electrons. The van der Waals surface area contributed by atoms with E-state index in [0.29, 0.717) is 57.6 Å². The highest BCUT2D eigenvalue weighted by Gasteiger charge is 2.37. The SMILES string of the molecule is CN(C)C1CN(c2ccc(-n3cc(C(=O)O)c(=O)c4cc(Cl)c(N5CC(c6ncccn6)C[C@@H]5COc5ncccc5Cl)cc43)cn2)C1. The number of anilines is 2. The molecule has 2 saturated heterocycles. The third kappa shape index (κ3) is 6.02.